The van der Waals surface area contributed by atoms with Crippen LogP contribution in [0.2, 0.25) is 0 Å². The van der Waals surface area contributed by atoms with Crippen molar-refractivity contribution in [3.63, 3.8) is 0 Å². The minimum absolute atomic E-state index is 0.0963. The average molecular weight is 399 g/mol. The van der Waals surface area contributed by atoms with Crippen LogP contribution in [-0.2, 0) is 26.1 Å². The van der Waals surface area contributed by atoms with Crippen molar-refractivity contribution in [1.82, 2.24) is 9.88 Å². The summed E-state index contributed by atoms with van der Waals surface area (Å²) >= 11 is 0. The van der Waals surface area contributed by atoms with Gasteiger partial charge in [-0.1, -0.05) is 0 Å². The number of ether oxygens (including phenoxy) is 3. The van der Waals surface area contributed by atoms with E-state index >= 15 is 0 Å². The first-order chi connectivity index (χ1) is 14.1. The molecule has 0 spiro atoms. The standard InChI is InChI=1S/C23H30N2O4/c1-27-9-7-15-10-14-12-23(22(26)29-3)20-17(6-8-25(13-14)21(15)23)18-11-16(28-2)4-5-19(18)24-20/h4-5,11,14-15,21,24H,6-10,12-13H2,1-3H3/t14-,15?,21-,23+/m0/s1. The minimum Gasteiger partial charge on any atom is -0.497 e. The molecule has 0 amide bonds. The molecule has 3 fully saturated rings. The number of aromatic amines is 1. The number of hydrogen-bond donors (Lipinski definition) is 1. The number of methoxy groups -OCH3 is 3. The van der Waals surface area contributed by atoms with Crippen molar-refractivity contribution in [2.24, 2.45) is 11.8 Å². The van der Waals surface area contributed by atoms with Gasteiger partial charge in [-0.15, -0.1) is 0 Å². The lowest BCUT2D eigenvalue weighted by atomic mass is 9.56. The van der Waals surface area contributed by atoms with E-state index in [0.717, 1.165) is 55.9 Å². The van der Waals surface area contributed by atoms with Crippen molar-refractivity contribution in [2.45, 2.75) is 37.1 Å². The fourth-order valence-corrected chi connectivity index (χ4v) is 6.58. The van der Waals surface area contributed by atoms with Crippen molar-refractivity contribution in [3.05, 3.63) is 29.5 Å². The van der Waals surface area contributed by atoms with E-state index in [1.165, 1.54) is 24.5 Å². The Hall–Kier alpha value is -2.05. The number of fused-ring (bicyclic) bond motifs is 4. The fraction of sp³-hybridized carbons (Fsp3) is 0.609. The highest BCUT2D eigenvalue weighted by Crippen LogP contribution is 2.55. The Kier molecular flexibility index (Phi) is 4.59. The van der Waals surface area contributed by atoms with E-state index in [0.29, 0.717) is 11.8 Å². The fourth-order valence-electron chi connectivity index (χ4n) is 6.58. The Morgan fingerprint density at radius 3 is 2.93 bits per heavy atom. The summed E-state index contributed by atoms with van der Waals surface area (Å²) in [6.45, 7) is 2.79. The van der Waals surface area contributed by atoms with Crippen LogP contribution >= 0.6 is 0 Å². The van der Waals surface area contributed by atoms with Crippen LogP contribution < -0.4 is 4.74 Å². The lowest BCUT2D eigenvalue weighted by Crippen LogP contribution is -2.67. The minimum atomic E-state index is -0.633. The van der Waals surface area contributed by atoms with Gasteiger partial charge in [-0.25, -0.2) is 0 Å². The van der Waals surface area contributed by atoms with Gasteiger partial charge in [-0.05, 0) is 61.3 Å². The molecule has 1 aromatic carbocycles. The quantitative estimate of drug-likeness (QED) is 0.785. The predicted octanol–water partition coefficient (Wildman–Crippen LogP) is 2.89. The largest absolute Gasteiger partial charge is 0.497 e. The van der Waals surface area contributed by atoms with Crippen LogP contribution in [-0.4, -0.2) is 62.9 Å². The van der Waals surface area contributed by atoms with Gasteiger partial charge in [0.25, 0.3) is 0 Å². The first kappa shape index (κ1) is 18.9. The summed E-state index contributed by atoms with van der Waals surface area (Å²) in [5.41, 5.74) is 2.77. The van der Waals surface area contributed by atoms with E-state index in [2.05, 4.69) is 22.0 Å². The topological polar surface area (TPSA) is 63.8 Å². The molecule has 6 nitrogen and oxygen atoms in total. The van der Waals surface area contributed by atoms with Crippen LogP contribution in [0.15, 0.2) is 18.2 Å². The van der Waals surface area contributed by atoms with E-state index in [9.17, 15) is 4.79 Å². The van der Waals surface area contributed by atoms with Gasteiger partial charge in [0.2, 0.25) is 0 Å². The molecular formula is C23H30N2O4. The second kappa shape index (κ2) is 7.03. The molecular weight excluding hydrogens is 368 g/mol. The van der Waals surface area contributed by atoms with E-state index in [4.69, 9.17) is 14.2 Å². The molecule has 29 heavy (non-hydrogen) atoms. The lowest BCUT2D eigenvalue weighted by molar-refractivity contribution is -0.162. The smallest absolute Gasteiger partial charge is 0.319 e. The van der Waals surface area contributed by atoms with Gasteiger partial charge in [0.1, 0.15) is 11.2 Å². The molecule has 2 unspecified atom stereocenters. The molecule has 156 valence electrons. The molecule has 1 aromatic heterocycles. The first-order valence-electron chi connectivity index (χ1n) is 10.6. The third-order valence-corrected chi connectivity index (χ3v) is 7.54. The maximum absolute atomic E-state index is 13.5. The zero-order chi connectivity index (χ0) is 20.2. The van der Waals surface area contributed by atoms with Gasteiger partial charge in [0.05, 0.1) is 14.2 Å². The second-order valence-electron chi connectivity index (χ2n) is 8.89. The van der Waals surface area contributed by atoms with Crippen molar-refractivity contribution >= 4 is 16.9 Å². The molecule has 0 radical (unpaired) electrons. The van der Waals surface area contributed by atoms with Gasteiger partial charge in [0.15, 0.2) is 0 Å². The highest BCUT2D eigenvalue weighted by molar-refractivity contribution is 5.92. The molecule has 4 heterocycles. The Morgan fingerprint density at radius 1 is 1.31 bits per heavy atom. The normalized spacial score (nSPS) is 32.7. The molecule has 1 saturated carbocycles. The van der Waals surface area contributed by atoms with Crippen LogP contribution in [0.5, 0.6) is 5.75 Å². The maximum atomic E-state index is 13.5. The highest BCUT2D eigenvalue weighted by Gasteiger charge is 2.62. The number of carbonyl (C=O) groups excluding carboxylic acids is 1. The zero-order valence-corrected chi connectivity index (χ0v) is 17.5. The molecule has 5 atom stereocenters. The summed E-state index contributed by atoms with van der Waals surface area (Å²) in [7, 11) is 4.98. The van der Waals surface area contributed by atoms with E-state index < -0.39 is 5.41 Å². The Bertz CT molecular complexity index is 938. The Labute approximate surface area is 171 Å². The number of nitrogens with zero attached hydrogens (tertiary/aromatic N) is 1. The number of carbonyl (C=O) groups is 1. The van der Waals surface area contributed by atoms with Crippen molar-refractivity contribution in [2.75, 3.05) is 41.0 Å². The number of hydrogen-bond acceptors (Lipinski definition) is 5. The molecule has 4 bridgehead atoms. The molecule has 6 heteroatoms. The second-order valence-corrected chi connectivity index (χ2v) is 8.89. The van der Waals surface area contributed by atoms with Crippen LogP contribution in [0.25, 0.3) is 10.9 Å². The van der Waals surface area contributed by atoms with E-state index in [-0.39, 0.29) is 12.0 Å². The Morgan fingerprint density at radius 2 is 2.17 bits per heavy atom. The number of H-pyrrole nitrogens is 1. The summed E-state index contributed by atoms with van der Waals surface area (Å²) in [5, 5.41) is 1.17. The molecule has 6 rings (SSSR count). The monoisotopic (exact) mass is 398 g/mol. The maximum Gasteiger partial charge on any atom is 0.319 e. The summed E-state index contributed by atoms with van der Waals surface area (Å²) in [6.07, 6.45) is 3.95. The highest BCUT2D eigenvalue weighted by atomic mass is 16.5. The third kappa shape index (κ3) is 2.65. The number of benzene rings is 1. The lowest BCUT2D eigenvalue weighted by Gasteiger charge is -2.58. The van der Waals surface area contributed by atoms with Gasteiger partial charge < -0.3 is 19.2 Å². The molecule has 3 aliphatic heterocycles. The zero-order valence-electron chi connectivity index (χ0n) is 17.5. The van der Waals surface area contributed by atoms with Gasteiger partial charge in [-0.3, -0.25) is 9.69 Å². The van der Waals surface area contributed by atoms with Crippen molar-refractivity contribution in [1.29, 1.82) is 0 Å². The SMILES string of the molecule is COCCC1C[C@@H]2CN3CCc4c([nH]c5ccc(OC)cc45)[C@](C(=O)OC)(C2)[C@H]13. The van der Waals surface area contributed by atoms with Gasteiger partial charge >= 0.3 is 5.97 Å². The third-order valence-electron chi connectivity index (χ3n) is 7.54. The van der Waals surface area contributed by atoms with Gasteiger partial charge in [-0.2, -0.15) is 0 Å². The van der Waals surface area contributed by atoms with Crippen molar-refractivity contribution in [3.8, 4) is 5.75 Å². The number of rotatable bonds is 5. The van der Waals surface area contributed by atoms with Crippen LogP contribution in [0.1, 0.15) is 30.5 Å². The van der Waals surface area contributed by atoms with Crippen LogP contribution in [0, 0.1) is 11.8 Å². The average Bonchev–Trinajstić information content (AvgIpc) is 3.08. The Balaban J connectivity index is 1.72. The van der Waals surface area contributed by atoms with Crippen LogP contribution in [0.3, 0.4) is 0 Å². The summed E-state index contributed by atoms with van der Waals surface area (Å²) in [6, 6.07) is 6.30. The number of piperidine rings is 2. The first-order valence-corrected chi connectivity index (χ1v) is 10.6. The molecule has 1 N–H and O–H groups in total. The molecule has 4 aliphatic rings. The molecule has 2 saturated heterocycles. The van der Waals surface area contributed by atoms with Crippen LogP contribution in [0.4, 0.5) is 0 Å². The predicted molar refractivity (Wildman–Crippen MR) is 110 cm³/mol. The van der Waals surface area contributed by atoms with Crippen molar-refractivity contribution < 1.29 is 19.0 Å². The molecule has 2 aromatic rings. The summed E-state index contributed by atoms with van der Waals surface area (Å²) < 4.78 is 16.4. The van der Waals surface area contributed by atoms with E-state index in [1.807, 2.05) is 6.07 Å². The summed E-state index contributed by atoms with van der Waals surface area (Å²) in [5.74, 6) is 1.70. The van der Waals surface area contributed by atoms with Gasteiger partial charge in [0, 0.05) is 49.4 Å². The number of nitrogens with one attached hydrogen (secondary N) is 1. The number of aromatic nitrogens is 1. The number of esters is 1. The molecule has 1 aliphatic carbocycles. The van der Waals surface area contributed by atoms with E-state index in [1.54, 1.807) is 14.2 Å². The summed E-state index contributed by atoms with van der Waals surface area (Å²) in [4.78, 5) is 19.7.